The molecule has 0 aliphatic carbocycles. The predicted octanol–water partition coefficient (Wildman–Crippen LogP) is 2.22. The summed E-state index contributed by atoms with van der Waals surface area (Å²) in [5, 5.41) is 10.8. The van der Waals surface area contributed by atoms with Crippen LogP contribution in [0.4, 0.5) is 11.4 Å². The van der Waals surface area contributed by atoms with E-state index >= 15 is 0 Å². The SMILES string of the molecule is COc1cc([N+](=O)[O-])ccc1N1C[C@@H](C)O[C@@H](C)C1. The van der Waals surface area contributed by atoms with Gasteiger partial charge in [-0.15, -0.1) is 0 Å². The van der Waals surface area contributed by atoms with Gasteiger partial charge in [-0.25, -0.2) is 0 Å². The molecule has 6 heteroatoms. The number of hydrogen-bond acceptors (Lipinski definition) is 5. The molecule has 0 unspecified atom stereocenters. The van der Waals surface area contributed by atoms with Crippen molar-refractivity contribution in [3.63, 3.8) is 0 Å². The summed E-state index contributed by atoms with van der Waals surface area (Å²) >= 11 is 0. The third-order valence-electron chi connectivity index (χ3n) is 3.13. The monoisotopic (exact) mass is 266 g/mol. The number of nitrogens with zero attached hydrogens (tertiary/aromatic N) is 2. The Kier molecular flexibility index (Phi) is 3.90. The zero-order chi connectivity index (χ0) is 14.0. The van der Waals surface area contributed by atoms with E-state index in [4.69, 9.17) is 9.47 Å². The maximum atomic E-state index is 10.8. The summed E-state index contributed by atoms with van der Waals surface area (Å²) in [7, 11) is 1.52. The van der Waals surface area contributed by atoms with Gasteiger partial charge in [0.25, 0.3) is 5.69 Å². The lowest BCUT2D eigenvalue weighted by Gasteiger charge is -2.37. The average Bonchev–Trinajstić information content (AvgIpc) is 2.36. The van der Waals surface area contributed by atoms with Crippen LogP contribution in [0.2, 0.25) is 0 Å². The van der Waals surface area contributed by atoms with Gasteiger partial charge in [-0.2, -0.15) is 0 Å². The molecular formula is C13H18N2O4. The Morgan fingerprint density at radius 2 is 2.00 bits per heavy atom. The third kappa shape index (κ3) is 2.96. The van der Waals surface area contributed by atoms with Crippen molar-refractivity contribution in [2.24, 2.45) is 0 Å². The van der Waals surface area contributed by atoms with E-state index in [0.717, 1.165) is 18.8 Å². The van der Waals surface area contributed by atoms with Crippen LogP contribution in [0, 0.1) is 10.1 Å². The van der Waals surface area contributed by atoms with E-state index in [9.17, 15) is 10.1 Å². The van der Waals surface area contributed by atoms with Crippen LogP contribution in [0.1, 0.15) is 13.8 Å². The first kappa shape index (κ1) is 13.6. The molecule has 104 valence electrons. The van der Waals surface area contributed by atoms with E-state index in [1.807, 2.05) is 13.8 Å². The Balaban J connectivity index is 2.30. The van der Waals surface area contributed by atoms with E-state index in [0.29, 0.717) is 5.75 Å². The fraction of sp³-hybridized carbons (Fsp3) is 0.538. The minimum absolute atomic E-state index is 0.0370. The predicted molar refractivity (Wildman–Crippen MR) is 71.9 cm³/mol. The van der Waals surface area contributed by atoms with Gasteiger partial charge in [0.15, 0.2) is 0 Å². The lowest BCUT2D eigenvalue weighted by Crippen LogP contribution is -2.45. The highest BCUT2D eigenvalue weighted by atomic mass is 16.6. The molecule has 1 aliphatic rings. The third-order valence-corrected chi connectivity index (χ3v) is 3.13. The summed E-state index contributed by atoms with van der Waals surface area (Å²) in [6.45, 7) is 5.53. The van der Waals surface area contributed by atoms with Crippen molar-refractivity contribution in [1.29, 1.82) is 0 Å². The first-order valence-electron chi connectivity index (χ1n) is 6.24. The van der Waals surface area contributed by atoms with Crippen molar-refractivity contribution in [3.8, 4) is 5.75 Å². The lowest BCUT2D eigenvalue weighted by atomic mass is 10.1. The second-order valence-corrected chi connectivity index (χ2v) is 4.78. The van der Waals surface area contributed by atoms with Crippen LogP contribution in [-0.2, 0) is 4.74 Å². The van der Waals surface area contributed by atoms with E-state index < -0.39 is 4.92 Å². The first-order valence-corrected chi connectivity index (χ1v) is 6.24. The molecule has 2 rings (SSSR count). The van der Waals surface area contributed by atoms with Gasteiger partial charge in [0.1, 0.15) is 5.75 Å². The molecule has 0 spiro atoms. The number of morpholine rings is 1. The highest BCUT2D eigenvalue weighted by Crippen LogP contribution is 2.33. The molecule has 0 radical (unpaired) electrons. The van der Waals surface area contributed by atoms with Crippen LogP contribution in [0.3, 0.4) is 0 Å². The van der Waals surface area contributed by atoms with Crippen LogP contribution in [0.15, 0.2) is 18.2 Å². The highest BCUT2D eigenvalue weighted by Gasteiger charge is 2.25. The minimum atomic E-state index is -0.420. The number of rotatable bonds is 3. The smallest absolute Gasteiger partial charge is 0.273 e. The molecule has 1 fully saturated rings. The van der Waals surface area contributed by atoms with E-state index in [1.54, 1.807) is 6.07 Å². The zero-order valence-corrected chi connectivity index (χ0v) is 11.3. The normalized spacial score (nSPS) is 23.2. The molecule has 2 atom stereocenters. The number of anilines is 1. The number of non-ortho nitro benzene ring substituents is 1. The molecule has 0 saturated carbocycles. The molecule has 0 aromatic heterocycles. The van der Waals surface area contributed by atoms with Crippen molar-refractivity contribution in [3.05, 3.63) is 28.3 Å². The number of nitro benzene ring substituents is 1. The molecule has 0 N–H and O–H groups in total. The summed E-state index contributed by atoms with van der Waals surface area (Å²) in [4.78, 5) is 12.5. The molecule has 1 saturated heterocycles. The summed E-state index contributed by atoms with van der Waals surface area (Å²) in [6.07, 6.45) is 0.257. The standard InChI is InChI=1S/C13H18N2O4/c1-9-7-14(8-10(2)19-9)12-5-4-11(15(16)17)6-13(12)18-3/h4-6,9-10H,7-8H2,1-3H3/t9-,10+. The molecule has 1 aromatic carbocycles. The van der Waals surface area contributed by atoms with E-state index in [-0.39, 0.29) is 17.9 Å². The second-order valence-electron chi connectivity index (χ2n) is 4.78. The van der Waals surface area contributed by atoms with Gasteiger partial charge in [-0.05, 0) is 19.9 Å². The van der Waals surface area contributed by atoms with Gasteiger partial charge in [0.05, 0.1) is 36.0 Å². The number of ether oxygens (including phenoxy) is 2. The molecule has 0 bridgehead atoms. The Bertz CT molecular complexity index is 468. The summed E-state index contributed by atoms with van der Waals surface area (Å²) < 4.78 is 11.0. The number of hydrogen-bond donors (Lipinski definition) is 0. The van der Waals surface area contributed by atoms with Gasteiger partial charge in [-0.1, -0.05) is 0 Å². The molecule has 1 aromatic rings. The van der Waals surface area contributed by atoms with Gasteiger partial charge < -0.3 is 14.4 Å². The number of methoxy groups -OCH3 is 1. The summed E-state index contributed by atoms with van der Waals surface area (Å²) in [6, 6.07) is 4.70. The van der Waals surface area contributed by atoms with Gasteiger partial charge in [0, 0.05) is 19.2 Å². The summed E-state index contributed by atoms with van der Waals surface area (Å²) in [5.41, 5.74) is 0.907. The molecule has 6 nitrogen and oxygen atoms in total. The van der Waals surface area contributed by atoms with Crippen LogP contribution in [-0.4, -0.2) is 37.3 Å². The molecular weight excluding hydrogens is 248 g/mol. The molecule has 1 aliphatic heterocycles. The number of nitro groups is 1. The fourth-order valence-electron chi connectivity index (χ4n) is 2.42. The quantitative estimate of drug-likeness (QED) is 0.620. The first-order chi connectivity index (χ1) is 9.01. The maximum Gasteiger partial charge on any atom is 0.273 e. The van der Waals surface area contributed by atoms with Crippen LogP contribution < -0.4 is 9.64 Å². The second kappa shape index (κ2) is 5.44. The largest absolute Gasteiger partial charge is 0.494 e. The van der Waals surface area contributed by atoms with Crippen molar-refractivity contribution < 1.29 is 14.4 Å². The van der Waals surface area contributed by atoms with Gasteiger partial charge >= 0.3 is 0 Å². The van der Waals surface area contributed by atoms with Crippen molar-refractivity contribution >= 4 is 11.4 Å². The van der Waals surface area contributed by atoms with Crippen LogP contribution in [0.5, 0.6) is 5.75 Å². The van der Waals surface area contributed by atoms with Crippen molar-refractivity contribution in [1.82, 2.24) is 0 Å². The molecule has 19 heavy (non-hydrogen) atoms. The van der Waals surface area contributed by atoms with E-state index in [2.05, 4.69) is 4.90 Å². The lowest BCUT2D eigenvalue weighted by molar-refractivity contribution is -0.384. The van der Waals surface area contributed by atoms with Gasteiger partial charge in [-0.3, -0.25) is 10.1 Å². The minimum Gasteiger partial charge on any atom is -0.494 e. The Hall–Kier alpha value is -1.82. The van der Waals surface area contributed by atoms with Crippen LogP contribution in [0.25, 0.3) is 0 Å². The fourth-order valence-corrected chi connectivity index (χ4v) is 2.42. The van der Waals surface area contributed by atoms with Crippen molar-refractivity contribution in [2.75, 3.05) is 25.1 Å². The highest BCUT2D eigenvalue weighted by molar-refractivity contribution is 5.62. The molecule has 0 amide bonds. The molecule has 1 heterocycles. The van der Waals surface area contributed by atoms with Gasteiger partial charge in [0.2, 0.25) is 0 Å². The Morgan fingerprint density at radius 1 is 1.37 bits per heavy atom. The van der Waals surface area contributed by atoms with Crippen molar-refractivity contribution in [2.45, 2.75) is 26.1 Å². The Morgan fingerprint density at radius 3 is 2.53 bits per heavy atom. The van der Waals surface area contributed by atoms with E-state index in [1.165, 1.54) is 19.2 Å². The summed E-state index contributed by atoms with van der Waals surface area (Å²) in [5.74, 6) is 0.524. The number of benzene rings is 1. The topological polar surface area (TPSA) is 64.8 Å². The maximum absolute atomic E-state index is 10.8. The average molecular weight is 266 g/mol. The van der Waals surface area contributed by atoms with Crippen LogP contribution >= 0.6 is 0 Å². The zero-order valence-electron chi connectivity index (χ0n) is 11.3. The Labute approximate surface area is 112 Å².